The Morgan fingerprint density at radius 3 is 2.71 bits per heavy atom. The van der Waals surface area contributed by atoms with E-state index in [9.17, 15) is 8.42 Å². The highest BCUT2D eigenvalue weighted by atomic mass is 32.2. The molecule has 0 radical (unpaired) electrons. The van der Waals surface area contributed by atoms with Crippen LogP contribution in [-0.2, 0) is 10.0 Å². The molecule has 1 aliphatic heterocycles. The van der Waals surface area contributed by atoms with E-state index in [1.807, 2.05) is 0 Å². The first kappa shape index (κ1) is 16.1. The molecule has 0 aromatic heterocycles. The van der Waals surface area contributed by atoms with Gasteiger partial charge in [0.25, 0.3) is 0 Å². The van der Waals surface area contributed by atoms with Crippen LogP contribution in [0.25, 0.3) is 0 Å². The topological polar surface area (TPSA) is 76.7 Å². The van der Waals surface area contributed by atoms with Crippen LogP contribution in [0, 0.1) is 0 Å². The fraction of sp³-hybridized carbons (Fsp3) is 0.571. The first-order chi connectivity index (χ1) is 10.1. The zero-order valence-electron chi connectivity index (χ0n) is 12.4. The summed E-state index contributed by atoms with van der Waals surface area (Å²) in [5.41, 5.74) is 0. The van der Waals surface area contributed by atoms with E-state index in [1.54, 1.807) is 12.1 Å². The number of methoxy groups -OCH3 is 2. The summed E-state index contributed by atoms with van der Waals surface area (Å²) >= 11 is 0. The van der Waals surface area contributed by atoms with Gasteiger partial charge in [-0.2, -0.15) is 0 Å². The van der Waals surface area contributed by atoms with Crippen LogP contribution in [-0.4, -0.2) is 41.8 Å². The molecule has 1 aromatic rings. The lowest BCUT2D eigenvalue weighted by molar-refractivity contribution is 0.391. The minimum atomic E-state index is -3.63. The second-order valence-corrected chi connectivity index (χ2v) is 6.70. The van der Waals surface area contributed by atoms with Crippen molar-refractivity contribution in [2.24, 2.45) is 0 Å². The summed E-state index contributed by atoms with van der Waals surface area (Å²) in [7, 11) is -0.677. The van der Waals surface area contributed by atoms with Gasteiger partial charge in [-0.1, -0.05) is 0 Å². The number of hydrogen-bond acceptors (Lipinski definition) is 5. The second-order valence-electron chi connectivity index (χ2n) is 5.02. The first-order valence-electron chi connectivity index (χ1n) is 7.02. The molecule has 1 heterocycles. The van der Waals surface area contributed by atoms with Gasteiger partial charge in [-0.05, 0) is 44.5 Å². The van der Waals surface area contributed by atoms with E-state index in [0.29, 0.717) is 11.5 Å². The molecule has 118 valence electrons. The van der Waals surface area contributed by atoms with E-state index >= 15 is 0 Å². The third kappa shape index (κ3) is 4.09. The first-order valence-corrected chi connectivity index (χ1v) is 8.50. The molecule has 0 bridgehead atoms. The molecule has 7 heteroatoms. The van der Waals surface area contributed by atoms with Crippen LogP contribution in [0.5, 0.6) is 11.5 Å². The summed E-state index contributed by atoms with van der Waals surface area (Å²) in [6.45, 7) is 1.75. The molecule has 1 unspecified atom stereocenters. The highest BCUT2D eigenvalue weighted by Crippen LogP contribution is 2.28. The Bertz CT molecular complexity index is 566. The van der Waals surface area contributed by atoms with E-state index < -0.39 is 10.0 Å². The van der Waals surface area contributed by atoms with E-state index in [1.165, 1.54) is 20.3 Å². The fourth-order valence-electron chi connectivity index (χ4n) is 2.41. The minimum Gasteiger partial charge on any atom is -0.497 e. The number of ether oxygens (including phenoxy) is 2. The quantitative estimate of drug-likeness (QED) is 0.852. The molecule has 2 rings (SSSR count). The largest absolute Gasteiger partial charge is 0.497 e. The Hall–Kier alpha value is -1.31. The van der Waals surface area contributed by atoms with Crippen LogP contribution in [0.15, 0.2) is 23.1 Å². The number of benzene rings is 1. The van der Waals surface area contributed by atoms with Crippen molar-refractivity contribution < 1.29 is 17.9 Å². The Balaban J connectivity index is 2.25. The monoisotopic (exact) mass is 314 g/mol. The zero-order chi connectivity index (χ0) is 15.3. The zero-order valence-corrected chi connectivity index (χ0v) is 13.2. The second kappa shape index (κ2) is 7.11. The lowest BCUT2D eigenvalue weighted by Crippen LogP contribution is -2.35. The summed E-state index contributed by atoms with van der Waals surface area (Å²) in [5, 5.41) is 3.26. The van der Waals surface area contributed by atoms with Crippen LogP contribution in [0.2, 0.25) is 0 Å². The van der Waals surface area contributed by atoms with Crippen molar-refractivity contribution in [3.63, 3.8) is 0 Å². The summed E-state index contributed by atoms with van der Waals surface area (Å²) in [4.78, 5) is 0.113. The van der Waals surface area contributed by atoms with Gasteiger partial charge in [-0.15, -0.1) is 0 Å². The smallest absolute Gasteiger partial charge is 0.244 e. The third-order valence-corrected chi connectivity index (χ3v) is 5.10. The molecule has 21 heavy (non-hydrogen) atoms. The Morgan fingerprint density at radius 1 is 1.19 bits per heavy atom. The predicted octanol–water partition coefficient (Wildman–Crippen LogP) is 1.12. The molecular formula is C14H22N2O4S. The van der Waals surface area contributed by atoms with Crippen LogP contribution < -0.4 is 19.5 Å². The van der Waals surface area contributed by atoms with E-state index in [2.05, 4.69) is 10.0 Å². The maximum Gasteiger partial charge on any atom is 0.244 e. The number of hydrogen-bond donors (Lipinski definition) is 2. The molecule has 2 N–H and O–H groups in total. The maximum atomic E-state index is 12.6. The summed E-state index contributed by atoms with van der Waals surface area (Å²) in [6, 6.07) is 4.70. The minimum absolute atomic E-state index is 0.0547. The third-order valence-electron chi connectivity index (χ3n) is 3.56. The van der Waals surface area contributed by atoms with Gasteiger partial charge in [0.2, 0.25) is 10.0 Å². The molecule has 0 amide bonds. The average Bonchev–Trinajstić information content (AvgIpc) is 2.74. The van der Waals surface area contributed by atoms with E-state index in [0.717, 1.165) is 32.4 Å². The molecule has 1 aliphatic rings. The molecular weight excluding hydrogens is 292 g/mol. The molecule has 0 aliphatic carbocycles. The van der Waals surface area contributed by atoms with Gasteiger partial charge in [-0.25, -0.2) is 13.1 Å². The molecule has 1 atom stereocenters. The van der Waals surface area contributed by atoms with Crippen molar-refractivity contribution in [2.75, 3.05) is 27.3 Å². The van der Waals surface area contributed by atoms with Crippen LogP contribution >= 0.6 is 0 Å². The number of sulfonamides is 1. The van der Waals surface area contributed by atoms with Crippen LogP contribution in [0.1, 0.15) is 19.3 Å². The van der Waals surface area contributed by atoms with E-state index in [-0.39, 0.29) is 10.9 Å². The van der Waals surface area contributed by atoms with Crippen LogP contribution in [0.3, 0.4) is 0 Å². The van der Waals surface area contributed by atoms with Crippen molar-refractivity contribution in [2.45, 2.75) is 30.2 Å². The SMILES string of the molecule is COc1ccc(OC)c(S(=O)(=O)NC2CCCNCC2)c1. The van der Waals surface area contributed by atoms with Crippen molar-refractivity contribution in [3.8, 4) is 11.5 Å². The Labute approximate surface area is 125 Å². The van der Waals surface area contributed by atoms with Gasteiger partial charge in [0.05, 0.1) is 14.2 Å². The molecule has 1 fully saturated rings. The lowest BCUT2D eigenvalue weighted by Gasteiger charge is -2.18. The standard InChI is InChI=1S/C14H22N2O4S/c1-19-12-5-6-13(20-2)14(10-12)21(17,18)16-11-4-3-8-15-9-7-11/h5-6,10-11,15-16H,3-4,7-9H2,1-2H3. The molecule has 1 aromatic carbocycles. The van der Waals surface area contributed by atoms with Crippen molar-refractivity contribution in [1.29, 1.82) is 0 Å². The van der Waals surface area contributed by atoms with Gasteiger partial charge in [-0.3, -0.25) is 0 Å². The van der Waals surface area contributed by atoms with Gasteiger partial charge >= 0.3 is 0 Å². The molecule has 1 saturated heterocycles. The van der Waals surface area contributed by atoms with E-state index in [4.69, 9.17) is 9.47 Å². The normalized spacial score (nSPS) is 19.8. The number of nitrogens with one attached hydrogen (secondary N) is 2. The van der Waals surface area contributed by atoms with Crippen LogP contribution in [0.4, 0.5) is 0 Å². The van der Waals surface area contributed by atoms with Gasteiger partial charge < -0.3 is 14.8 Å². The highest BCUT2D eigenvalue weighted by molar-refractivity contribution is 7.89. The Morgan fingerprint density at radius 2 is 2.00 bits per heavy atom. The van der Waals surface area contributed by atoms with Gasteiger partial charge in [0, 0.05) is 12.1 Å². The maximum absolute atomic E-state index is 12.6. The fourth-order valence-corrected chi connectivity index (χ4v) is 3.90. The summed E-state index contributed by atoms with van der Waals surface area (Å²) in [6.07, 6.45) is 2.58. The van der Waals surface area contributed by atoms with Gasteiger partial charge in [0.15, 0.2) is 0 Å². The molecule has 0 spiro atoms. The summed E-state index contributed by atoms with van der Waals surface area (Å²) < 4.78 is 38.2. The van der Waals surface area contributed by atoms with Crippen molar-refractivity contribution in [1.82, 2.24) is 10.0 Å². The average molecular weight is 314 g/mol. The number of rotatable bonds is 5. The summed E-state index contributed by atoms with van der Waals surface area (Å²) in [5.74, 6) is 0.800. The lowest BCUT2D eigenvalue weighted by atomic mass is 10.1. The molecule has 0 saturated carbocycles. The molecule has 6 nitrogen and oxygen atoms in total. The predicted molar refractivity (Wildman–Crippen MR) is 80.4 cm³/mol. The van der Waals surface area contributed by atoms with Crippen molar-refractivity contribution >= 4 is 10.0 Å². The van der Waals surface area contributed by atoms with Gasteiger partial charge in [0.1, 0.15) is 16.4 Å². The van der Waals surface area contributed by atoms with Crippen molar-refractivity contribution in [3.05, 3.63) is 18.2 Å². The highest BCUT2D eigenvalue weighted by Gasteiger charge is 2.24. The Kier molecular flexibility index (Phi) is 5.44.